The van der Waals surface area contributed by atoms with Crippen LogP contribution in [0.1, 0.15) is 11.6 Å². The van der Waals surface area contributed by atoms with Gasteiger partial charge in [0.05, 0.1) is 31.6 Å². The van der Waals surface area contributed by atoms with Crippen molar-refractivity contribution in [2.45, 2.75) is 12.1 Å². The maximum absolute atomic E-state index is 13.5. The number of amides is 2. The quantitative estimate of drug-likeness (QED) is 0.575. The summed E-state index contributed by atoms with van der Waals surface area (Å²) in [4.78, 5) is 34.2. The van der Waals surface area contributed by atoms with Crippen molar-refractivity contribution in [1.82, 2.24) is 0 Å². The molecule has 0 spiro atoms. The lowest BCUT2D eigenvalue weighted by molar-refractivity contribution is -0.126. The van der Waals surface area contributed by atoms with Crippen molar-refractivity contribution in [3.8, 4) is 11.5 Å². The number of carbonyl (C=O) groups is 2. The van der Waals surface area contributed by atoms with Crippen molar-refractivity contribution in [1.29, 1.82) is 0 Å². The lowest BCUT2D eigenvalue weighted by Crippen LogP contribution is -2.37. The fourth-order valence-corrected chi connectivity index (χ4v) is 4.34. The normalized spacial score (nSPS) is 22.2. The third kappa shape index (κ3) is 3.18. The van der Waals surface area contributed by atoms with Gasteiger partial charge < -0.3 is 9.47 Å². The molecule has 32 heavy (non-hydrogen) atoms. The molecule has 0 aliphatic carbocycles. The number of ether oxygens (including phenoxy) is 2. The molecule has 0 bridgehead atoms. The van der Waals surface area contributed by atoms with Crippen molar-refractivity contribution in [2.75, 3.05) is 24.2 Å². The van der Waals surface area contributed by atoms with E-state index in [1.807, 2.05) is 54.6 Å². The van der Waals surface area contributed by atoms with Gasteiger partial charge in [-0.25, -0.2) is 9.96 Å². The summed E-state index contributed by atoms with van der Waals surface area (Å²) >= 11 is 0. The zero-order valence-electron chi connectivity index (χ0n) is 17.7. The summed E-state index contributed by atoms with van der Waals surface area (Å²) in [6.45, 7) is 0. The number of anilines is 2. The molecule has 2 amide bonds. The van der Waals surface area contributed by atoms with Crippen LogP contribution in [0.3, 0.4) is 0 Å². The highest BCUT2D eigenvalue weighted by molar-refractivity contribution is 6.23. The number of para-hydroxylation sites is 1. The van der Waals surface area contributed by atoms with E-state index >= 15 is 0 Å². The molecular weight excluding hydrogens is 408 g/mol. The minimum Gasteiger partial charge on any atom is -0.497 e. The van der Waals surface area contributed by atoms with Crippen molar-refractivity contribution in [3.63, 3.8) is 0 Å². The molecular formula is C25H22N2O5. The summed E-state index contributed by atoms with van der Waals surface area (Å²) in [6, 6.07) is 23.3. The van der Waals surface area contributed by atoms with Crippen LogP contribution in [-0.2, 0) is 14.4 Å². The van der Waals surface area contributed by atoms with Gasteiger partial charge in [-0.05, 0) is 54.1 Å². The molecule has 0 aromatic heterocycles. The van der Waals surface area contributed by atoms with Gasteiger partial charge in [-0.3, -0.25) is 14.4 Å². The third-order valence-corrected chi connectivity index (χ3v) is 5.91. The van der Waals surface area contributed by atoms with Gasteiger partial charge >= 0.3 is 0 Å². The highest BCUT2D eigenvalue weighted by Gasteiger charge is 2.60. The van der Waals surface area contributed by atoms with E-state index in [0.29, 0.717) is 17.2 Å². The summed E-state index contributed by atoms with van der Waals surface area (Å²) in [5.74, 6) is 0.0958. The second-order valence-electron chi connectivity index (χ2n) is 7.64. The number of rotatable bonds is 5. The number of imide groups is 1. The van der Waals surface area contributed by atoms with Gasteiger partial charge in [-0.15, -0.1) is 0 Å². The van der Waals surface area contributed by atoms with Crippen LogP contribution >= 0.6 is 0 Å². The first-order valence-electron chi connectivity index (χ1n) is 10.3. The molecule has 2 aliphatic rings. The smallest absolute Gasteiger partial charge is 0.266 e. The summed E-state index contributed by atoms with van der Waals surface area (Å²) < 4.78 is 10.5. The van der Waals surface area contributed by atoms with Crippen LogP contribution in [0.4, 0.5) is 11.4 Å². The molecule has 0 N–H and O–H groups in total. The number of methoxy groups -OCH3 is 2. The minimum atomic E-state index is -0.906. The SMILES string of the molecule is COc1ccc(C2C3C(=O)N(c4ccccc4)C(=O)C3ON2c2ccc(OC)cc2)cc1. The molecule has 3 unspecified atom stereocenters. The Morgan fingerprint density at radius 3 is 1.91 bits per heavy atom. The first-order chi connectivity index (χ1) is 15.6. The highest BCUT2D eigenvalue weighted by Crippen LogP contribution is 2.47. The number of benzene rings is 3. The zero-order valence-corrected chi connectivity index (χ0v) is 17.7. The Kier molecular flexibility index (Phi) is 5.03. The summed E-state index contributed by atoms with van der Waals surface area (Å²) in [5.41, 5.74) is 2.13. The van der Waals surface area contributed by atoms with Crippen molar-refractivity contribution >= 4 is 23.2 Å². The average molecular weight is 430 g/mol. The van der Waals surface area contributed by atoms with Gasteiger partial charge in [0.15, 0.2) is 6.10 Å². The molecule has 2 heterocycles. The van der Waals surface area contributed by atoms with Gasteiger partial charge in [-0.1, -0.05) is 30.3 Å². The second kappa shape index (κ2) is 8.01. The van der Waals surface area contributed by atoms with Crippen LogP contribution in [-0.4, -0.2) is 32.1 Å². The molecule has 3 atom stereocenters. The zero-order chi connectivity index (χ0) is 22.2. The summed E-state index contributed by atoms with van der Waals surface area (Å²) in [5, 5.41) is 1.66. The third-order valence-electron chi connectivity index (χ3n) is 5.91. The molecule has 0 radical (unpaired) electrons. The number of hydroxylamine groups is 1. The topological polar surface area (TPSA) is 68.3 Å². The first kappa shape index (κ1) is 20.1. The second-order valence-corrected chi connectivity index (χ2v) is 7.64. The Hall–Kier alpha value is -3.84. The molecule has 0 saturated carbocycles. The van der Waals surface area contributed by atoms with Gasteiger partial charge in [0.25, 0.3) is 5.91 Å². The highest BCUT2D eigenvalue weighted by atomic mass is 16.7. The molecule has 3 aromatic carbocycles. The van der Waals surface area contributed by atoms with E-state index in [1.165, 1.54) is 4.90 Å². The molecule has 162 valence electrons. The molecule has 2 aliphatic heterocycles. The summed E-state index contributed by atoms with van der Waals surface area (Å²) in [6.07, 6.45) is -0.906. The van der Waals surface area contributed by atoms with Gasteiger partial charge in [-0.2, -0.15) is 0 Å². The predicted octanol–water partition coefficient (Wildman–Crippen LogP) is 3.75. The molecule has 7 nitrogen and oxygen atoms in total. The molecule has 3 aromatic rings. The fraction of sp³-hybridized carbons (Fsp3) is 0.200. The Bertz CT molecular complexity index is 1130. The Labute approximate surface area is 185 Å². The molecule has 2 saturated heterocycles. The van der Waals surface area contributed by atoms with Gasteiger partial charge in [0.1, 0.15) is 17.4 Å². The van der Waals surface area contributed by atoms with Crippen molar-refractivity contribution in [2.24, 2.45) is 5.92 Å². The standard InChI is InChI=1S/C25H22N2O5/c1-30-19-12-8-16(9-13-19)22-21-23(32-27(22)18-10-14-20(31-2)15-11-18)25(29)26(24(21)28)17-6-4-3-5-7-17/h3-15,21-23H,1-2H3. The van der Waals surface area contributed by atoms with Crippen LogP contribution < -0.4 is 19.4 Å². The van der Waals surface area contributed by atoms with E-state index in [2.05, 4.69) is 0 Å². The van der Waals surface area contributed by atoms with Crippen molar-refractivity contribution in [3.05, 3.63) is 84.4 Å². The predicted molar refractivity (Wildman–Crippen MR) is 119 cm³/mol. The van der Waals surface area contributed by atoms with E-state index in [-0.39, 0.29) is 11.8 Å². The lowest BCUT2D eigenvalue weighted by atomic mass is 9.90. The van der Waals surface area contributed by atoms with Crippen molar-refractivity contribution < 1.29 is 23.9 Å². The number of fused-ring (bicyclic) bond motifs is 1. The Balaban J connectivity index is 1.56. The van der Waals surface area contributed by atoms with E-state index in [0.717, 1.165) is 11.3 Å². The molecule has 7 heteroatoms. The van der Waals surface area contributed by atoms with E-state index < -0.39 is 18.1 Å². The number of hydrogen-bond donors (Lipinski definition) is 0. The Morgan fingerprint density at radius 2 is 1.31 bits per heavy atom. The summed E-state index contributed by atoms with van der Waals surface area (Å²) in [7, 11) is 3.20. The van der Waals surface area contributed by atoms with E-state index in [1.54, 1.807) is 43.5 Å². The maximum atomic E-state index is 13.5. The van der Waals surface area contributed by atoms with Gasteiger partial charge in [0.2, 0.25) is 5.91 Å². The van der Waals surface area contributed by atoms with Crippen LogP contribution in [0.15, 0.2) is 78.9 Å². The van der Waals surface area contributed by atoms with Crippen LogP contribution in [0.5, 0.6) is 11.5 Å². The lowest BCUT2D eigenvalue weighted by Gasteiger charge is -2.29. The monoisotopic (exact) mass is 430 g/mol. The Morgan fingerprint density at radius 1 is 0.719 bits per heavy atom. The number of carbonyl (C=O) groups excluding carboxylic acids is 2. The van der Waals surface area contributed by atoms with E-state index in [4.69, 9.17) is 14.3 Å². The first-order valence-corrected chi connectivity index (χ1v) is 10.3. The van der Waals surface area contributed by atoms with Crippen LogP contribution in [0.25, 0.3) is 0 Å². The van der Waals surface area contributed by atoms with Gasteiger partial charge in [0, 0.05) is 0 Å². The molecule has 5 rings (SSSR count). The van der Waals surface area contributed by atoms with Crippen LogP contribution in [0.2, 0.25) is 0 Å². The fourth-order valence-electron chi connectivity index (χ4n) is 4.34. The molecule has 2 fully saturated rings. The largest absolute Gasteiger partial charge is 0.497 e. The average Bonchev–Trinajstić information content (AvgIpc) is 3.35. The van der Waals surface area contributed by atoms with Crippen LogP contribution in [0, 0.1) is 5.92 Å². The number of hydrogen-bond acceptors (Lipinski definition) is 6. The maximum Gasteiger partial charge on any atom is 0.266 e. The van der Waals surface area contributed by atoms with E-state index in [9.17, 15) is 9.59 Å². The minimum absolute atomic E-state index is 0.275. The number of nitrogens with zero attached hydrogens (tertiary/aromatic N) is 2.